The van der Waals surface area contributed by atoms with Gasteiger partial charge in [-0.3, -0.25) is 4.79 Å². The van der Waals surface area contributed by atoms with Crippen LogP contribution < -0.4 is 10.1 Å². The lowest BCUT2D eigenvalue weighted by atomic mass is 10.0. The average molecular weight is 233 g/mol. The maximum absolute atomic E-state index is 11.7. The van der Waals surface area contributed by atoms with Crippen LogP contribution in [0, 0.1) is 0 Å². The monoisotopic (exact) mass is 233 g/mol. The molecule has 0 bridgehead atoms. The number of amides is 1. The molecule has 0 radical (unpaired) electrons. The largest absolute Gasteiger partial charge is 0.476 e. The van der Waals surface area contributed by atoms with Crippen molar-refractivity contribution in [2.24, 2.45) is 0 Å². The summed E-state index contributed by atoms with van der Waals surface area (Å²) in [5.74, 6) is 0.516. The number of hydrogen-bond donors (Lipinski definition) is 1. The highest BCUT2D eigenvalue weighted by molar-refractivity contribution is 6.00. The van der Waals surface area contributed by atoms with E-state index in [4.69, 9.17) is 4.74 Å². The predicted octanol–water partition coefficient (Wildman–Crippen LogP) is 1.93. The number of nitrogens with one attached hydrogen (secondary N) is 1. The number of rotatable bonds is 3. The van der Waals surface area contributed by atoms with Gasteiger partial charge in [0, 0.05) is 6.42 Å². The third kappa shape index (κ3) is 2.30. The van der Waals surface area contributed by atoms with Gasteiger partial charge in [-0.25, -0.2) is 0 Å². The van der Waals surface area contributed by atoms with Crippen LogP contribution in [0.5, 0.6) is 5.75 Å². The summed E-state index contributed by atoms with van der Waals surface area (Å²) >= 11 is 0. The second-order valence-corrected chi connectivity index (χ2v) is 4.60. The smallest absolute Gasteiger partial charge is 0.268 e. The quantitative estimate of drug-likeness (QED) is 0.811. The van der Waals surface area contributed by atoms with Gasteiger partial charge in [-0.2, -0.15) is 0 Å². The maximum atomic E-state index is 11.7. The minimum Gasteiger partial charge on any atom is -0.476 e. The molecule has 1 heterocycles. The first-order valence-electron chi connectivity index (χ1n) is 5.60. The van der Waals surface area contributed by atoms with Crippen LogP contribution in [0.15, 0.2) is 18.2 Å². The van der Waals surface area contributed by atoms with Gasteiger partial charge in [0.1, 0.15) is 12.0 Å². The molecule has 1 aliphatic heterocycles. The topological polar surface area (TPSA) is 55.4 Å². The van der Waals surface area contributed by atoms with Crippen molar-refractivity contribution in [1.82, 2.24) is 0 Å². The van der Waals surface area contributed by atoms with Gasteiger partial charge >= 0.3 is 0 Å². The summed E-state index contributed by atoms with van der Waals surface area (Å²) in [6.45, 7) is 3.46. The Labute approximate surface area is 100.0 Å². The molecular weight excluding hydrogens is 218 g/mol. The van der Waals surface area contributed by atoms with E-state index in [1.54, 1.807) is 13.8 Å². The van der Waals surface area contributed by atoms with Crippen LogP contribution >= 0.6 is 0 Å². The molecule has 0 saturated heterocycles. The fourth-order valence-corrected chi connectivity index (χ4v) is 1.74. The summed E-state index contributed by atoms with van der Waals surface area (Å²) in [6.07, 6.45) is 2.05. The van der Waals surface area contributed by atoms with E-state index in [1.807, 2.05) is 18.2 Å². The van der Waals surface area contributed by atoms with Gasteiger partial charge in [-0.15, -0.1) is 0 Å². The van der Waals surface area contributed by atoms with Gasteiger partial charge in [-0.05, 0) is 38.0 Å². The van der Waals surface area contributed by atoms with E-state index in [0.29, 0.717) is 24.3 Å². The molecule has 0 atom stereocenters. The van der Waals surface area contributed by atoms with Crippen LogP contribution in [-0.2, 0) is 16.0 Å². The fourth-order valence-electron chi connectivity index (χ4n) is 1.74. The van der Waals surface area contributed by atoms with E-state index in [2.05, 4.69) is 5.32 Å². The number of anilines is 1. The van der Waals surface area contributed by atoms with Crippen molar-refractivity contribution >= 4 is 17.9 Å². The van der Waals surface area contributed by atoms with Gasteiger partial charge in [0.2, 0.25) is 0 Å². The van der Waals surface area contributed by atoms with Gasteiger partial charge in [0.15, 0.2) is 5.60 Å². The first kappa shape index (κ1) is 11.6. The van der Waals surface area contributed by atoms with Crippen molar-refractivity contribution in [2.45, 2.75) is 32.3 Å². The lowest BCUT2D eigenvalue weighted by Crippen LogP contribution is -2.45. The van der Waals surface area contributed by atoms with Gasteiger partial charge in [-0.1, -0.05) is 6.07 Å². The summed E-state index contributed by atoms with van der Waals surface area (Å²) in [7, 11) is 0. The van der Waals surface area contributed by atoms with Crippen molar-refractivity contribution in [1.29, 1.82) is 0 Å². The Bertz CT molecular complexity index is 466. The second-order valence-electron chi connectivity index (χ2n) is 4.60. The van der Waals surface area contributed by atoms with Crippen LogP contribution in [-0.4, -0.2) is 17.8 Å². The number of benzene rings is 1. The number of aryl methyl sites for hydroxylation is 1. The zero-order chi connectivity index (χ0) is 12.5. The molecule has 4 heteroatoms. The van der Waals surface area contributed by atoms with E-state index in [1.165, 1.54) is 0 Å². The molecule has 1 amide bonds. The van der Waals surface area contributed by atoms with Crippen molar-refractivity contribution in [3.8, 4) is 5.75 Å². The fraction of sp³-hybridized carbons (Fsp3) is 0.385. The third-order valence-electron chi connectivity index (χ3n) is 2.75. The second kappa shape index (κ2) is 4.20. The van der Waals surface area contributed by atoms with Crippen LogP contribution in [0.2, 0.25) is 0 Å². The summed E-state index contributed by atoms with van der Waals surface area (Å²) in [6, 6.07) is 5.60. The summed E-state index contributed by atoms with van der Waals surface area (Å²) in [5.41, 5.74) is 0.856. The lowest BCUT2D eigenvalue weighted by molar-refractivity contribution is -0.129. The normalized spacial score (nSPS) is 16.7. The molecule has 0 fully saturated rings. The minimum atomic E-state index is -0.836. The molecule has 17 heavy (non-hydrogen) atoms. The summed E-state index contributed by atoms with van der Waals surface area (Å²) < 4.78 is 5.61. The van der Waals surface area contributed by atoms with Crippen molar-refractivity contribution < 1.29 is 14.3 Å². The Morgan fingerprint density at radius 3 is 2.88 bits per heavy atom. The molecular formula is C13H15NO3. The van der Waals surface area contributed by atoms with Gasteiger partial charge in [0.05, 0.1) is 5.69 Å². The molecule has 2 rings (SSSR count). The Morgan fingerprint density at radius 1 is 1.41 bits per heavy atom. The molecule has 1 N–H and O–H groups in total. The van der Waals surface area contributed by atoms with Crippen molar-refractivity contribution in [2.75, 3.05) is 5.32 Å². The van der Waals surface area contributed by atoms with E-state index >= 15 is 0 Å². The molecule has 1 aromatic carbocycles. The van der Waals surface area contributed by atoms with Crippen molar-refractivity contribution in [3.05, 3.63) is 23.8 Å². The number of aldehydes is 1. The number of carbonyl (C=O) groups excluding carboxylic acids is 2. The standard InChI is InChI=1S/C13H15NO3/c1-13(2)12(16)14-10-8-9(4-3-7-15)5-6-11(10)17-13/h5-8H,3-4H2,1-2H3,(H,14,16). The highest BCUT2D eigenvalue weighted by atomic mass is 16.5. The molecule has 90 valence electrons. The first-order chi connectivity index (χ1) is 8.03. The van der Waals surface area contributed by atoms with E-state index < -0.39 is 5.60 Å². The number of fused-ring (bicyclic) bond motifs is 1. The molecule has 0 unspecified atom stereocenters. The van der Waals surface area contributed by atoms with Crippen LogP contribution in [0.4, 0.5) is 5.69 Å². The highest BCUT2D eigenvalue weighted by Crippen LogP contribution is 2.34. The van der Waals surface area contributed by atoms with Crippen molar-refractivity contribution in [3.63, 3.8) is 0 Å². The van der Waals surface area contributed by atoms with Crippen LogP contribution in [0.1, 0.15) is 25.8 Å². The lowest BCUT2D eigenvalue weighted by Gasteiger charge is -2.31. The van der Waals surface area contributed by atoms with E-state index in [9.17, 15) is 9.59 Å². The zero-order valence-electron chi connectivity index (χ0n) is 9.95. The van der Waals surface area contributed by atoms with E-state index in [0.717, 1.165) is 11.8 Å². The maximum Gasteiger partial charge on any atom is 0.268 e. The highest BCUT2D eigenvalue weighted by Gasteiger charge is 2.35. The third-order valence-corrected chi connectivity index (χ3v) is 2.75. The number of ether oxygens (including phenoxy) is 1. The molecule has 1 aliphatic rings. The van der Waals surface area contributed by atoms with E-state index in [-0.39, 0.29) is 5.91 Å². The summed E-state index contributed by atoms with van der Waals surface area (Å²) in [5, 5.41) is 2.81. The number of hydrogen-bond acceptors (Lipinski definition) is 3. The minimum absolute atomic E-state index is 0.155. The molecule has 0 saturated carbocycles. The Morgan fingerprint density at radius 2 is 2.18 bits per heavy atom. The molecule has 1 aromatic rings. The molecule has 0 aliphatic carbocycles. The van der Waals surface area contributed by atoms with Crippen LogP contribution in [0.3, 0.4) is 0 Å². The molecule has 0 aromatic heterocycles. The molecule has 0 spiro atoms. The van der Waals surface area contributed by atoms with Gasteiger partial charge in [0.25, 0.3) is 5.91 Å². The van der Waals surface area contributed by atoms with Crippen LogP contribution in [0.25, 0.3) is 0 Å². The SMILES string of the molecule is CC1(C)Oc2ccc(CCC=O)cc2NC1=O. The Balaban J connectivity index is 2.26. The zero-order valence-corrected chi connectivity index (χ0v) is 9.95. The van der Waals surface area contributed by atoms with Gasteiger partial charge < -0.3 is 14.8 Å². The first-order valence-corrected chi connectivity index (χ1v) is 5.60. The number of carbonyl (C=O) groups is 2. The summed E-state index contributed by atoms with van der Waals surface area (Å²) in [4.78, 5) is 22.0. The molecule has 4 nitrogen and oxygen atoms in total. The Kier molecular flexibility index (Phi) is 2.88. The average Bonchev–Trinajstić information content (AvgIpc) is 2.27. The Hall–Kier alpha value is -1.84. The predicted molar refractivity (Wildman–Crippen MR) is 64.2 cm³/mol.